The first-order chi connectivity index (χ1) is 14.3. The fourth-order valence-corrected chi connectivity index (χ4v) is 4.14. The molecule has 0 unspecified atom stereocenters. The maximum Gasteiger partial charge on any atom is 0.375 e. The third-order valence-electron chi connectivity index (χ3n) is 5.64. The number of aliphatic hydroxyl groups is 1. The highest BCUT2D eigenvalue weighted by Crippen LogP contribution is 2.43. The van der Waals surface area contributed by atoms with Gasteiger partial charge in [0.2, 0.25) is 11.4 Å². The topological polar surface area (TPSA) is 82.1 Å². The molecule has 156 valence electrons. The van der Waals surface area contributed by atoms with Crippen LogP contribution < -0.4 is 4.74 Å². The number of aliphatic hydroxyl groups excluding tert-OH is 1. The summed E-state index contributed by atoms with van der Waals surface area (Å²) in [4.78, 5) is 25.3. The number of rotatable bonds is 4. The van der Waals surface area contributed by atoms with Crippen molar-refractivity contribution in [2.24, 2.45) is 0 Å². The molecule has 0 spiro atoms. The van der Waals surface area contributed by atoms with Gasteiger partial charge in [-0.25, -0.2) is 9.59 Å². The van der Waals surface area contributed by atoms with Crippen molar-refractivity contribution in [3.05, 3.63) is 71.0 Å². The van der Waals surface area contributed by atoms with Gasteiger partial charge in [-0.3, -0.25) is 0 Å². The van der Waals surface area contributed by atoms with Gasteiger partial charge in [-0.1, -0.05) is 42.5 Å². The van der Waals surface area contributed by atoms with Crippen LogP contribution in [0.25, 0.3) is 5.57 Å². The van der Waals surface area contributed by atoms with Crippen LogP contribution in [-0.4, -0.2) is 35.4 Å². The molecule has 0 fully saturated rings. The third-order valence-corrected chi connectivity index (χ3v) is 5.64. The molecule has 2 aliphatic rings. The Morgan fingerprint density at radius 1 is 1.13 bits per heavy atom. The summed E-state index contributed by atoms with van der Waals surface area (Å²) < 4.78 is 16.5. The average Bonchev–Trinajstić information content (AvgIpc) is 2.98. The summed E-state index contributed by atoms with van der Waals surface area (Å²) in [6.07, 6.45) is 1.75. The van der Waals surface area contributed by atoms with E-state index in [2.05, 4.69) is 0 Å². The highest BCUT2D eigenvalue weighted by molar-refractivity contribution is 6.11. The molecule has 30 heavy (non-hydrogen) atoms. The Morgan fingerprint density at radius 3 is 2.57 bits per heavy atom. The minimum absolute atomic E-state index is 0.0381. The number of cyclic esters (lactones) is 1. The summed E-state index contributed by atoms with van der Waals surface area (Å²) in [6.45, 7) is 4.10. The molecule has 2 aromatic rings. The number of aryl methyl sites for hydroxylation is 1. The molecule has 0 amide bonds. The normalized spacial score (nSPS) is 22.2. The van der Waals surface area contributed by atoms with Gasteiger partial charge in [0.05, 0.1) is 12.7 Å². The zero-order valence-corrected chi connectivity index (χ0v) is 17.2. The highest BCUT2D eigenvalue weighted by Gasteiger charge is 2.55. The summed E-state index contributed by atoms with van der Waals surface area (Å²) in [5.74, 6) is -1.45. The van der Waals surface area contributed by atoms with E-state index >= 15 is 0 Å². The van der Waals surface area contributed by atoms with Gasteiger partial charge in [0.1, 0.15) is 11.4 Å². The van der Waals surface area contributed by atoms with E-state index in [0.717, 1.165) is 29.7 Å². The van der Waals surface area contributed by atoms with Crippen LogP contribution in [0.2, 0.25) is 0 Å². The van der Waals surface area contributed by atoms with Crippen LogP contribution >= 0.6 is 0 Å². The van der Waals surface area contributed by atoms with E-state index in [0.29, 0.717) is 5.56 Å². The first kappa shape index (κ1) is 20.0. The molecular formula is C24H24O6. The Labute approximate surface area is 175 Å². The van der Waals surface area contributed by atoms with Gasteiger partial charge < -0.3 is 19.3 Å². The van der Waals surface area contributed by atoms with Gasteiger partial charge in [-0.15, -0.1) is 0 Å². The van der Waals surface area contributed by atoms with Crippen LogP contribution in [0.1, 0.15) is 37.0 Å². The van der Waals surface area contributed by atoms with Crippen LogP contribution in [0.5, 0.6) is 5.75 Å². The summed E-state index contributed by atoms with van der Waals surface area (Å²) >= 11 is 0. The largest absolute Gasteiger partial charge is 0.502 e. The van der Waals surface area contributed by atoms with E-state index in [1.165, 1.54) is 7.11 Å². The lowest BCUT2D eigenvalue weighted by molar-refractivity contribution is -0.169. The molecule has 1 N–H and O–H groups in total. The lowest BCUT2D eigenvalue weighted by Gasteiger charge is -2.33. The number of hydrogen-bond donors (Lipinski definition) is 1. The molecule has 0 saturated heterocycles. The second-order valence-electron chi connectivity index (χ2n) is 8.28. The molecule has 0 saturated carbocycles. The van der Waals surface area contributed by atoms with Crippen molar-refractivity contribution in [3.8, 4) is 5.75 Å². The summed E-state index contributed by atoms with van der Waals surface area (Å²) in [6, 6.07) is 14.4. The summed E-state index contributed by atoms with van der Waals surface area (Å²) in [5.41, 5.74) is 0.464. The van der Waals surface area contributed by atoms with Gasteiger partial charge in [0.25, 0.3) is 0 Å². The maximum absolute atomic E-state index is 12.9. The van der Waals surface area contributed by atoms with Gasteiger partial charge in [0.15, 0.2) is 0 Å². The molecule has 0 radical (unpaired) electrons. The van der Waals surface area contributed by atoms with Crippen LogP contribution in [0.3, 0.4) is 0 Å². The molecular weight excluding hydrogens is 384 g/mol. The van der Waals surface area contributed by atoms with E-state index in [9.17, 15) is 14.7 Å². The Morgan fingerprint density at radius 2 is 1.87 bits per heavy atom. The Balaban J connectivity index is 1.78. The van der Waals surface area contributed by atoms with E-state index in [1.807, 2.05) is 38.1 Å². The minimum Gasteiger partial charge on any atom is -0.502 e. The molecule has 0 bridgehead atoms. The maximum atomic E-state index is 12.9. The number of ether oxygens (including phenoxy) is 3. The summed E-state index contributed by atoms with van der Waals surface area (Å²) in [5, 5.41) is 10.5. The molecule has 6 heteroatoms. The number of methoxy groups -OCH3 is 1. The molecule has 2 heterocycles. The standard InChI is InChI=1S/C24H24O6/c1-23(2)12-11-17-13-15(9-10-18(17)29-23)14-24(22(27)28-3)19(20(25)21(26)30-24)16-7-5-4-6-8-16/h4-10,13,25H,11-12,14H2,1-3H3/t24-/m1/s1. The van der Waals surface area contributed by atoms with Gasteiger partial charge in [-0.05, 0) is 49.4 Å². The summed E-state index contributed by atoms with van der Waals surface area (Å²) in [7, 11) is 1.23. The smallest absolute Gasteiger partial charge is 0.375 e. The minimum atomic E-state index is -1.76. The first-order valence-electron chi connectivity index (χ1n) is 9.87. The molecule has 0 aromatic heterocycles. The number of carbonyl (C=O) groups is 2. The zero-order valence-electron chi connectivity index (χ0n) is 17.2. The van der Waals surface area contributed by atoms with E-state index in [-0.39, 0.29) is 17.6 Å². The van der Waals surface area contributed by atoms with E-state index in [4.69, 9.17) is 14.2 Å². The molecule has 2 aliphatic heterocycles. The number of fused-ring (bicyclic) bond motifs is 1. The lowest BCUT2D eigenvalue weighted by atomic mass is 9.82. The Kier molecular flexibility index (Phi) is 4.80. The predicted octanol–water partition coefficient (Wildman–Crippen LogP) is 3.77. The van der Waals surface area contributed by atoms with Crippen molar-refractivity contribution in [2.45, 2.75) is 44.3 Å². The Bertz CT molecular complexity index is 1040. The van der Waals surface area contributed by atoms with Crippen LogP contribution in [0.4, 0.5) is 0 Å². The van der Waals surface area contributed by atoms with Crippen molar-refractivity contribution < 1.29 is 28.9 Å². The zero-order chi connectivity index (χ0) is 21.5. The van der Waals surface area contributed by atoms with Gasteiger partial charge >= 0.3 is 11.9 Å². The quantitative estimate of drug-likeness (QED) is 0.776. The van der Waals surface area contributed by atoms with Crippen molar-refractivity contribution >= 4 is 17.5 Å². The number of hydrogen-bond acceptors (Lipinski definition) is 6. The monoisotopic (exact) mass is 408 g/mol. The lowest BCUT2D eigenvalue weighted by Crippen LogP contribution is -2.44. The molecule has 2 aromatic carbocycles. The van der Waals surface area contributed by atoms with E-state index < -0.39 is 23.3 Å². The first-order valence-corrected chi connectivity index (χ1v) is 9.87. The fourth-order valence-electron chi connectivity index (χ4n) is 4.14. The van der Waals surface area contributed by atoms with Crippen LogP contribution in [0.15, 0.2) is 54.3 Å². The SMILES string of the molecule is COC(=O)[C@]1(Cc2ccc3c(c2)CCC(C)(C)O3)OC(=O)C(O)=C1c1ccccc1. The number of esters is 2. The van der Waals surface area contributed by atoms with Crippen LogP contribution in [0, 0.1) is 0 Å². The average molecular weight is 408 g/mol. The van der Waals surface area contributed by atoms with E-state index in [1.54, 1.807) is 24.3 Å². The van der Waals surface area contributed by atoms with Gasteiger partial charge in [0, 0.05) is 6.42 Å². The van der Waals surface area contributed by atoms with Crippen molar-refractivity contribution in [2.75, 3.05) is 7.11 Å². The second-order valence-corrected chi connectivity index (χ2v) is 8.28. The van der Waals surface area contributed by atoms with Crippen molar-refractivity contribution in [1.82, 2.24) is 0 Å². The molecule has 0 aliphatic carbocycles. The molecule has 6 nitrogen and oxygen atoms in total. The number of carbonyl (C=O) groups excluding carboxylic acids is 2. The Hall–Kier alpha value is -3.28. The van der Waals surface area contributed by atoms with Crippen molar-refractivity contribution in [1.29, 1.82) is 0 Å². The third kappa shape index (κ3) is 3.32. The van der Waals surface area contributed by atoms with Crippen molar-refractivity contribution in [3.63, 3.8) is 0 Å². The molecule has 1 atom stereocenters. The molecule has 4 rings (SSSR count). The van der Waals surface area contributed by atoms with Gasteiger partial charge in [-0.2, -0.15) is 0 Å². The number of benzene rings is 2. The second kappa shape index (κ2) is 7.20. The predicted molar refractivity (Wildman–Crippen MR) is 110 cm³/mol. The highest BCUT2D eigenvalue weighted by atomic mass is 16.6. The fraction of sp³-hybridized carbons (Fsp3) is 0.333. The van der Waals surface area contributed by atoms with Crippen LogP contribution in [-0.2, 0) is 31.9 Å².